The van der Waals surface area contributed by atoms with Crippen molar-refractivity contribution < 1.29 is 4.74 Å². The van der Waals surface area contributed by atoms with Crippen molar-refractivity contribution in [1.82, 2.24) is 4.98 Å². The van der Waals surface area contributed by atoms with Gasteiger partial charge in [0.2, 0.25) is 0 Å². The van der Waals surface area contributed by atoms with Crippen LogP contribution in [0.1, 0.15) is 16.7 Å². The molecule has 3 heteroatoms. The highest BCUT2D eigenvalue weighted by atomic mass is 16.5. The van der Waals surface area contributed by atoms with Gasteiger partial charge in [0.05, 0.1) is 0 Å². The van der Waals surface area contributed by atoms with Crippen molar-refractivity contribution in [2.75, 3.05) is 5.73 Å². The molecule has 0 saturated heterocycles. The summed E-state index contributed by atoms with van der Waals surface area (Å²) in [5.41, 5.74) is 9.84. The second kappa shape index (κ2) is 4.87. The molecule has 0 spiro atoms. The first-order valence-corrected chi connectivity index (χ1v) is 5.55. The molecule has 1 aromatic heterocycles. The standard InChI is InChI=1S/C14H16N2O/c1-10-8-14(11(2)7-13(10)15)17-9-12-3-5-16-6-4-12/h3-8H,9,15H2,1-2H3. The first-order chi connectivity index (χ1) is 8.16. The first-order valence-electron chi connectivity index (χ1n) is 5.55. The molecule has 0 aliphatic carbocycles. The Morgan fingerprint density at radius 2 is 1.82 bits per heavy atom. The second-order valence-corrected chi connectivity index (χ2v) is 4.12. The van der Waals surface area contributed by atoms with Crippen LogP contribution in [0.5, 0.6) is 5.75 Å². The SMILES string of the molecule is Cc1cc(OCc2ccncc2)c(C)cc1N. The van der Waals surface area contributed by atoms with Gasteiger partial charge in [0.15, 0.2) is 0 Å². The van der Waals surface area contributed by atoms with E-state index in [4.69, 9.17) is 10.5 Å². The summed E-state index contributed by atoms with van der Waals surface area (Å²) in [6.45, 7) is 4.53. The number of nitrogen functional groups attached to an aromatic ring is 1. The highest BCUT2D eigenvalue weighted by Crippen LogP contribution is 2.24. The predicted molar refractivity (Wildman–Crippen MR) is 68.9 cm³/mol. The number of rotatable bonds is 3. The highest BCUT2D eigenvalue weighted by molar-refractivity contribution is 5.53. The van der Waals surface area contributed by atoms with Crippen molar-refractivity contribution in [3.63, 3.8) is 0 Å². The number of nitrogens with zero attached hydrogens (tertiary/aromatic N) is 1. The first kappa shape index (κ1) is 11.5. The second-order valence-electron chi connectivity index (χ2n) is 4.12. The van der Waals surface area contributed by atoms with Gasteiger partial charge < -0.3 is 10.5 Å². The largest absolute Gasteiger partial charge is 0.489 e. The molecule has 88 valence electrons. The van der Waals surface area contributed by atoms with Crippen LogP contribution in [0.4, 0.5) is 5.69 Å². The number of ether oxygens (including phenoxy) is 1. The van der Waals surface area contributed by atoms with E-state index in [1.165, 1.54) is 0 Å². The van der Waals surface area contributed by atoms with Crippen LogP contribution < -0.4 is 10.5 Å². The van der Waals surface area contributed by atoms with Gasteiger partial charge in [0.25, 0.3) is 0 Å². The third-order valence-electron chi connectivity index (χ3n) is 2.71. The Morgan fingerprint density at radius 3 is 2.53 bits per heavy atom. The molecule has 2 aromatic rings. The van der Waals surface area contributed by atoms with E-state index in [9.17, 15) is 0 Å². The number of hydrogen-bond acceptors (Lipinski definition) is 3. The summed E-state index contributed by atoms with van der Waals surface area (Å²) in [7, 11) is 0. The van der Waals surface area contributed by atoms with Gasteiger partial charge in [-0.05, 0) is 54.8 Å². The van der Waals surface area contributed by atoms with Gasteiger partial charge in [0.1, 0.15) is 12.4 Å². The number of hydrogen-bond donors (Lipinski definition) is 1. The maximum absolute atomic E-state index is 5.83. The number of aromatic nitrogens is 1. The van der Waals surface area contributed by atoms with Crippen molar-refractivity contribution in [3.05, 3.63) is 53.3 Å². The van der Waals surface area contributed by atoms with Crippen LogP contribution in [0.25, 0.3) is 0 Å². The smallest absolute Gasteiger partial charge is 0.123 e. The molecular formula is C14H16N2O. The van der Waals surface area contributed by atoms with Gasteiger partial charge in [-0.1, -0.05) is 0 Å². The van der Waals surface area contributed by atoms with E-state index in [-0.39, 0.29) is 0 Å². The molecule has 17 heavy (non-hydrogen) atoms. The average molecular weight is 228 g/mol. The van der Waals surface area contributed by atoms with Gasteiger partial charge in [-0.2, -0.15) is 0 Å². The molecule has 0 unspecified atom stereocenters. The Morgan fingerprint density at radius 1 is 1.12 bits per heavy atom. The lowest BCUT2D eigenvalue weighted by Gasteiger charge is -2.11. The highest BCUT2D eigenvalue weighted by Gasteiger charge is 2.03. The van der Waals surface area contributed by atoms with Crippen LogP contribution in [0, 0.1) is 13.8 Å². The van der Waals surface area contributed by atoms with Crippen LogP contribution in [-0.4, -0.2) is 4.98 Å². The molecule has 2 N–H and O–H groups in total. The molecule has 1 heterocycles. The summed E-state index contributed by atoms with van der Waals surface area (Å²) in [5.74, 6) is 0.883. The molecule has 0 aliphatic rings. The maximum Gasteiger partial charge on any atom is 0.123 e. The van der Waals surface area contributed by atoms with Crippen molar-refractivity contribution in [1.29, 1.82) is 0 Å². The van der Waals surface area contributed by atoms with Crippen molar-refractivity contribution in [3.8, 4) is 5.75 Å². The maximum atomic E-state index is 5.83. The summed E-state index contributed by atoms with van der Waals surface area (Å²) >= 11 is 0. The topological polar surface area (TPSA) is 48.1 Å². The minimum atomic E-state index is 0.548. The quantitative estimate of drug-likeness (QED) is 0.822. The van der Waals surface area contributed by atoms with Crippen molar-refractivity contribution in [2.45, 2.75) is 20.5 Å². The Kier molecular flexibility index (Phi) is 3.28. The van der Waals surface area contributed by atoms with Crippen molar-refractivity contribution >= 4 is 5.69 Å². The Balaban J connectivity index is 2.12. The molecule has 0 saturated carbocycles. The Bertz CT molecular complexity index is 509. The summed E-state index contributed by atoms with van der Waals surface area (Å²) < 4.78 is 5.78. The summed E-state index contributed by atoms with van der Waals surface area (Å²) in [6.07, 6.45) is 3.53. The molecule has 0 radical (unpaired) electrons. The normalized spacial score (nSPS) is 10.2. The molecule has 0 fully saturated rings. The van der Waals surface area contributed by atoms with E-state index >= 15 is 0 Å². The molecular weight excluding hydrogens is 212 g/mol. The van der Waals surface area contributed by atoms with E-state index in [0.717, 1.165) is 28.1 Å². The fourth-order valence-corrected chi connectivity index (χ4v) is 1.61. The van der Waals surface area contributed by atoms with Gasteiger partial charge in [0, 0.05) is 18.1 Å². The lowest BCUT2D eigenvalue weighted by molar-refractivity contribution is 0.304. The van der Waals surface area contributed by atoms with E-state index in [1.807, 2.05) is 38.1 Å². The van der Waals surface area contributed by atoms with Crippen LogP contribution in [-0.2, 0) is 6.61 Å². The number of benzene rings is 1. The van der Waals surface area contributed by atoms with E-state index in [2.05, 4.69) is 4.98 Å². The monoisotopic (exact) mass is 228 g/mol. The molecule has 0 atom stereocenters. The van der Waals surface area contributed by atoms with Gasteiger partial charge in [-0.15, -0.1) is 0 Å². The Hall–Kier alpha value is -2.03. The van der Waals surface area contributed by atoms with Crippen LogP contribution in [0.15, 0.2) is 36.7 Å². The zero-order valence-corrected chi connectivity index (χ0v) is 10.1. The van der Waals surface area contributed by atoms with E-state index in [0.29, 0.717) is 6.61 Å². The molecule has 0 aliphatic heterocycles. The lowest BCUT2D eigenvalue weighted by atomic mass is 10.1. The van der Waals surface area contributed by atoms with E-state index in [1.54, 1.807) is 12.4 Å². The molecule has 0 bridgehead atoms. The van der Waals surface area contributed by atoms with Crippen LogP contribution >= 0.6 is 0 Å². The Labute approximate surface area is 101 Å². The molecule has 0 amide bonds. The number of nitrogens with two attached hydrogens (primary N) is 1. The van der Waals surface area contributed by atoms with Gasteiger partial charge >= 0.3 is 0 Å². The number of aryl methyl sites for hydroxylation is 2. The third-order valence-corrected chi connectivity index (χ3v) is 2.71. The number of anilines is 1. The van der Waals surface area contributed by atoms with Crippen molar-refractivity contribution in [2.24, 2.45) is 0 Å². The average Bonchev–Trinajstić information content (AvgIpc) is 2.33. The van der Waals surface area contributed by atoms with Gasteiger partial charge in [-0.3, -0.25) is 4.98 Å². The summed E-state index contributed by atoms with van der Waals surface area (Å²) in [5, 5.41) is 0. The molecule has 1 aromatic carbocycles. The molecule has 2 rings (SSSR count). The third kappa shape index (κ3) is 2.75. The minimum absolute atomic E-state index is 0.548. The summed E-state index contributed by atoms with van der Waals surface area (Å²) in [6, 6.07) is 7.81. The van der Waals surface area contributed by atoms with Crippen LogP contribution in [0.2, 0.25) is 0 Å². The van der Waals surface area contributed by atoms with Crippen LogP contribution in [0.3, 0.4) is 0 Å². The lowest BCUT2D eigenvalue weighted by Crippen LogP contribution is -1.99. The fraction of sp³-hybridized carbons (Fsp3) is 0.214. The predicted octanol–water partition coefficient (Wildman–Crippen LogP) is 2.86. The van der Waals surface area contributed by atoms with E-state index < -0.39 is 0 Å². The number of pyridine rings is 1. The zero-order valence-electron chi connectivity index (χ0n) is 10.1. The summed E-state index contributed by atoms with van der Waals surface area (Å²) in [4.78, 5) is 3.97. The zero-order chi connectivity index (χ0) is 12.3. The van der Waals surface area contributed by atoms with Gasteiger partial charge in [-0.25, -0.2) is 0 Å². The fourth-order valence-electron chi connectivity index (χ4n) is 1.61. The minimum Gasteiger partial charge on any atom is -0.489 e. The molecule has 3 nitrogen and oxygen atoms in total.